The Morgan fingerprint density at radius 1 is 0.974 bits per heavy atom. The highest BCUT2D eigenvalue weighted by Crippen LogP contribution is 2.45. The SMILES string of the molecule is COc1ncnc(C2CC2)c1-c1ncnc(N(CCCNC(=O)N2[C@@H](C)CN(c3cc(S(=O)(=O)NC4(C)CC4)cn4c(-c5nnc(C(F)F)s5)cnc34)C[C@@H]2C)Cc2ccc(-c3nc(C(F)(F)F)cn3C(C)C)cc2)n1. The Bertz CT molecular complexity index is 3370. The number of carbonyl (C=O) groups excluding carboxylic acids is 1. The van der Waals surface area contributed by atoms with Gasteiger partial charge in [0.1, 0.15) is 34.6 Å². The molecule has 0 radical (unpaired) electrons. The Labute approximate surface area is 438 Å². The molecular formula is C49H55F5N16O4S2. The number of benzene rings is 1. The third-order valence-corrected chi connectivity index (χ3v) is 16.3. The maximum Gasteiger partial charge on any atom is 0.434 e. The molecule has 3 aliphatic rings. The van der Waals surface area contributed by atoms with Crippen LogP contribution in [-0.4, -0.2) is 124 Å². The largest absolute Gasteiger partial charge is 0.480 e. The van der Waals surface area contributed by atoms with Crippen molar-refractivity contribution in [2.75, 3.05) is 43.1 Å². The normalized spacial score (nSPS) is 17.8. The number of nitrogens with zero attached hydrogens (tertiary/aromatic N) is 14. The van der Waals surface area contributed by atoms with Gasteiger partial charge in [-0.05, 0) is 78.4 Å². The van der Waals surface area contributed by atoms with Gasteiger partial charge in [-0.25, -0.2) is 56.6 Å². The lowest BCUT2D eigenvalue weighted by Gasteiger charge is -2.45. The molecule has 2 saturated carbocycles. The summed E-state index contributed by atoms with van der Waals surface area (Å²) in [4.78, 5) is 51.2. The Kier molecular flexibility index (Phi) is 14.2. The number of amides is 2. The molecule has 2 aliphatic carbocycles. The number of anilines is 2. The predicted octanol–water partition coefficient (Wildman–Crippen LogP) is 8.32. The fraction of sp³-hybridized carbons (Fsp3) is 0.469. The third kappa shape index (κ3) is 10.9. The molecule has 0 spiro atoms. The van der Waals surface area contributed by atoms with Crippen molar-refractivity contribution < 1.29 is 39.9 Å². The highest BCUT2D eigenvalue weighted by atomic mass is 32.2. The second-order valence-corrected chi connectivity index (χ2v) is 22.7. The van der Waals surface area contributed by atoms with Crippen molar-refractivity contribution in [3.8, 4) is 39.4 Å². The van der Waals surface area contributed by atoms with Gasteiger partial charge in [-0.3, -0.25) is 4.40 Å². The Morgan fingerprint density at radius 3 is 2.34 bits per heavy atom. The second-order valence-electron chi connectivity index (χ2n) is 20.0. The van der Waals surface area contributed by atoms with Gasteiger partial charge in [0.15, 0.2) is 27.2 Å². The van der Waals surface area contributed by atoms with Crippen molar-refractivity contribution in [3.05, 3.63) is 83.5 Å². The van der Waals surface area contributed by atoms with Crippen LogP contribution >= 0.6 is 11.3 Å². The lowest BCUT2D eigenvalue weighted by molar-refractivity contribution is -0.140. The monoisotopic (exact) mass is 1090 g/mol. The van der Waals surface area contributed by atoms with Crippen LogP contribution in [0.15, 0.2) is 66.5 Å². The molecule has 10 rings (SSSR count). The number of pyridine rings is 1. The summed E-state index contributed by atoms with van der Waals surface area (Å²) in [5.74, 6) is 1.39. The van der Waals surface area contributed by atoms with Gasteiger partial charge in [-0.2, -0.15) is 18.2 Å². The number of fused-ring (bicyclic) bond motifs is 1. The zero-order valence-corrected chi connectivity index (χ0v) is 44.0. The zero-order chi connectivity index (χ0) is 53.8. The molecule has 76 heavy (non-hydrogen) atoms. The first-order chi connectivity index (χ1) is 36.2. The van der Waals surface area contributed by atoms with E-state index in [0.717, 1.165) is 30.3 Å². The van der Waals surface area contributed by atoms with Crippen molar-refractivity contribution in [3.63, 3.8) is 0 Å². The van der Waals surface area contributed by atoms with Gasteiger partial charge in [-0.1, -0.05) is 35.6 Å². The number of piperazine rings is 1. The quantitative estimate of drug-likeness (QED) is 0.0610. The van der Waals surface area contributed by atoms with Crippen LogP contribution in [0, 0.1) is 0 Å². The van der Waals surface area contributed by atoms with E-state index in [1.54, 1.807) is 36.9 Å². The molecule has 402 valence electrons. The van der Waals surface area contributed by atoms with E-state index < -0.39 is 38.9 Å². The van der Waals surface area contributed by atoms with Crippen LogP contribution in [0.2, 0.25) is 0 Å². The minimum absolute atomic E-state index is 0.0461. The van der Waals surface area contributed by atoms with Gasteiger partial charge in [0.25, 0.3) is 6.43 Å². The predicted molar refractivity (Wildman–Crippen MR) is 271 cm³/mol. The van der Waals surface area contributed by atoms with Crippen LogP contribution in [0.4, 0.5) is 38.4 Å². The van der Waals surface area contributed by atoms with E-state index in [9.17, 15) is 35.2 Å². The molecule has 2 N–H and O–H groups in total. The number of carbonyl (C=O) groups is 1. The first kappa shape index (κ1) is 52.4. The number of imidazole rings is 2. The topological polar surface area (TPSA) is 220 Å². The summed E-state index contributed by atoms with van der Waals surface area (Å²) in [5.41, 5.74) is 2.27. The van der Waals surface area contributed by atoms with Crippen LogP contribution in [-0.2, 0) is 22.7 Å². The standard InChI is InChI=1S/C49H55F5N16O4S2/c1-27(2)68-24-36(49(52,53)54)61-41(68)32-10-8-30(9-11-32)22-66(46-60-26-58-40(62-46)37-38(31-12-13-31)57-25-59-43(37)74-6)17-7-16-55-47(71)70-28(3)20-67(21-29(70)4)34-18-33(76(72,73)65-48(5)14-15-48)23-69-35(19-56-42(34)69)44-63-64-45(75-44)39(50)51/h8-11,18-19,23-29,31,39,65H,7,12-17,20-22H2,1-6H3,(H,55,71)/t28-,29-/m0/s1. The molecule has 1 aromatic carbocycles. The minimum atomic E-state index is -4.61. The number of urea groups is 1. The average molecular weight is 1090 g/mol. The number of hydrogen-bond donors (Lipinski definition) is 2. The number of aromatic nitrogens is 11. The maximum absolute atomic E-state index is 14.1. The van der Waals surface area contributed by atoms with E-state index >= 15 is 0 Å². The van der Waals surface area contributed by atoms with Crippen molar-refractivity contribution >= 4 is 44.7 Å². The Morgan fingerprint density at radius 2 is 1.70 bits per heavy atom. The zero-order valence-electron chi connectivity index (χ0n) is 42.3. The molecule has 2 atom stereocenters. The van der Waals surface area contributed by atoms with E-state index in [4.69, 9.17) is 9.72 Å². The van der Waals surface area contributed by atoms with Gasteiger partial charge in [0.05, 0.1) is 24.7 Å². The first-order valence-electron chi connectivity index (χ1n) is 24.8. The second kappa shape index (κ2) is 20.5. The molecule has 1 saturated heterocycles. The molecule has 0 unspecified atom stereocenters. The van der Waals surface area contributed by atoms with E-state index in [1.807, 2.05) is 42.7 Å². The molecule has 20 nitrogen and oxygen atoms in total. The van der Waals surface area contributed by atoms with Crippen molar-refractivity contribution in [1.82, 2.24) is 69.0 Å². The van der Waals surface area contributed by atoms with E-state index in [2.05, 4.69) is 50.1 Å². The minimum Gasteiger partial charge on any atom is -0.480 e. The van der Waals surface area contributed by atoms with E-state index in [1.165, 1.54) is 41.1 Å². The van der Waals surface area contributed by atoms with Gasteiger partial charge >= 0.3 is 12.2 Å². The summed E-state index contributed by atoms with van der Waals surface area (Å²) in [7, 11) is -2.53. The lowest BCUT2D eigenvalue weighted by Crippen LogP contribution is -2.61. The van der Waals surface area contributed by atoms with Crippen molar-refractivity contribution in [1.29, 1.82) is 0 Å². The van der Waals surface area contributed by atoms with Crippen LogP contribution in [0.25, 0.3) is 39.1 Å². The fourth-order valence-corrected chi connectivity index (χ4v) is 11.7. The number of ether oxygens (including phenoxy) is 1. The van der Waals surface area contributed by atoms with Crippen LogP contribution in [0.3, 0.4) is 0 Å². The molecule has 0 bridgehead atoms. The summed E-state index contributed by atoms with van der Waals surface area (Å²) in [5, 5.41) is 10.4. The highest BCUT2D eigenvalue weighted by Gasteiger charge is 2.42. The number of hydrogen-bond acceptors (Lipinski definition) is 16. The molecular weight excluding hydrogens is 1040 g/mol. The highest BCUT2D eigenvalue weighted by molar-refractivity contribution is 7.89. The Hall–Kier alpha value is -7.00. The number of rotatable bonds is 18. The van der Waals surface area contributed by atoms with Crippen LogP contribution < -0.4 is 24.6 Å². The summed E-state index contributed by atoms with van der Waals surface area (Å²) in [6.45, 7) is 10.7. The smallest absolute Gasteiger partial charge is 0.434 e. The van der Waals surface area contributed by atoms with Gasteiger partial charge in [0.2, 0.25) is 21.9 Å². The number of sulfonamides is 1. The maximum atomic E-state index is 14.1. The molecule has 1 aliphatic heterocycles. The number of alkyl halides is 5. The molecule has 3 fully saturated rings. The van der Waals surface area contributed by atoms with Gasteiger partial charge in [-0.15, -0.1) is 10.2 Å². The molecule has 6 aromatic heterocycles. The van der Waals surface area contributed by atoms with Crippen molar-refractivity contribution in [2.45, 2.75) is 120 Å². The third-order valence-electron chi connectivity index (χ3n) is 13.7. The van der Waals surface area contributed by atoms with E-state index in [-0.39, 0.29) is 58.9 Å². The molecule has 2 amide bonds. The van der Waals surface area contributed by atoms with Gasteiger partial charge < -0.3 is 29.3 Å². The van der Waals surface area contributed by atoms with Crippen LogP contribution in [0.5, 0.6) is 5.88 Å². The summed E-state index contributed by atoms with van der Waals surface area (Å²) in [6, 6.07) is 7.33. The first-order valence-corrected chi connectivity index (χ1v) is 27.1. The molecule has 27 heteroatoms. The lowest BCUT2D eigenvalue weighted by atomic mass is 10.1. The summed E-state index contributed by atoms with van der Waals surface area (Å²) in [6.07, 6.45) is 3.03. The fourth-order valence-electron chi connectivity index (χ4n) is 9.50. The van der Waals surface area contributed by atoms with E-state index in [0.29, 0.717) is 96.0 Å². The number of methoxy groups -OCH3 is 1. The number of nitrogens with one attached hydrogen (secondary N) is 2. The van der Waals surface area contributed by atoms with Gasteiger partial charge in [0, 0.05) is 80.3 Å². The average Bonchev–Trinajstić information content (AvgIpc) is 4.15. The van der Waals surface area contributed by atoms with Crippen LogP contribution in [0.1, 0.15) is 107 Å². The number of halogens is 5. The summed E-state index contributed by atoms with van der Waals surface area (Å²) >= 11 is 0.695. The molecule has 7 aromatic rings. The summed E-state index contributed by atoms with van der Waals surface area (Å²) < 4.78 is 108. The molecule has 7 heterocycles. The van der Waals surface area contributed by atoms with Crippen molar-refractivity contribution in [2.24, 2.45) is 0 Å². The Balaban J connectivity index is 0.867.